The summed E-state index contributed by atoms with van der Waals surface area (Å²) in [5.41, 5.74) is 3.60. The number of aliphatic hydroxyl groups excluding tert-OH is 1. The number of benzene rings is 1. The SMILES string of the molecule is Cl.N[C@@]1(c2cccc(OC(F)(F)F)c2F)CCC[C@@H](O)C1=O. The third-order valence-corrected chi connectivity index (χ3v) is 3.46. The lowest BCUT2D eigenvalue weighted by atomic mass is 9.75. The number of alkyl halides is 3. The van der Waals surface area contributed by atoms with Crippen LogP contribution in [0.15, 0.2) is 18.2 Å². The van der Waals surface area contributed by atoms with Crippen LogP contribution in [0.3, 0.4) is 0 Å². The Bertz CT molecular complexity index is 567. The van der Waals surface area contributed by atoms with Crippen LogP contribution in [0.5, 0.6) is 5.75 Å². The van der Waals surface area contributed by atoms with Gasteiger partial charge in [0.25, 0.3) is 0 Å². The lowest BCUT2D eigenvalue weighted by Gasteiger charge is -2.35. The third kappa shape index (κ3) is 3.50. The summed E-state index contributed by atoms with van der Waals surface area (Å²) in [6.07, 6.45) is -5.83. The zero-order chi connectivity index (χ0) is 15.8. The zero-order valence-corrected chi connectivity index (χ0v) is 12.0. The van der Waals surface area contributed by atoms with Gasteiger partial charge in [-0.2, -0.15) is 0 Å². The van der Waals surface area contributed by atoms with Crippen molar-refractivity contribution < 1.29 is 32.2 Å². The molecule has 0 amide bonds. The molecule has 3 N–H and O–H groups in total. The highest BCUT2D eigenvalue weighted by atomic mass is 35.5. The van der Waals surface area contributed by atoms with Gasteiger partial charge in [-0.25, -0.2) is 4.39 Å². The van der Waals surface area contributed by atoms with E-state index in [0.717, 1.165) is 18.2 Å². The molecule has 2 atom stereocenters. The molecule has 9 heteroatoms. The number of ether oxygens (including phenoxy) is 1. The van der Waals surface area contributed by atoms with Crippen molar-refractivity contribution in [2.75, 3.05) is 0 Å². The van der Waals surface area contributed by atoms with E-state index in [9.17, 15) is 27.5 Å². The molecule has 1 fully saturated rings. The van der Waals surface area contributed by atoms with Crippen molar-refractivity contribution in [2.24, 2.45) is 5.73 Å². The highest BCUT2D eigenvalue weighted by Gasteiger charge is 2.45. The van der Waals surface area contributed by atoms with Gasteiger partial charge in [-0.15, -0.1) is 25.6 Å². The Labute approximate surface area is 129 Å². The van der Waals surface area contributed by atoms with Crippen LogP contribution in [-0.4, -0.2) is 23.4 Å². The molecule has 1 saturated carbocycles. The minimum atomic E-state index is -5.06. The Kier molecular flexibility index (Phi) is 5.42. The first-order valence-corrected chi connectivity index (χ1v) is 6.21. The van der Waals surface area contributed by atoms with Gasteiger partial charge in [0, 0.05) is 5.56 Å². The summed E-state index contributed by atoms with van der Waals surface area (Å²) in [6.45, 7) is 0. The van der Waals surface area contributed by atoms with Gasteiger partial charge in [0.1, 0.15) is 11.6 Å². The molecule has 0 bridgehead atoms. The molecule has 2 rings (SSSR count). The molecule has 1 aliphatic carbocycles. The highest BCUT2D eigenvalue weighted by molar-refractivity contribution is 5.93. The summed E-state index contributed by atoms with van der Waals surface area (Å²) >= 11 is 0. The van der Waals surface area contributed by atoms with E-state index in [0.29, 0.717) is 6.42 Å². The predicted octanol–water partition coefficient (Wildman–Crippen LogP) is 2.41. The van der Waals surface area contributed by atoms with Crippen LogP contribution in [0.1, 0.15) is 24.8 Å². The summed E-state index contributed by atoms with van der Waals surface area (Å²) < 4.78 is 54.4. The molecule has 1 aromatic rings. The molecule has 0 heterocycles. The number of aliphatic hydroxyl groups is 1. The van der Waals surface area contributed by atoms with Crippen molar-refractivity contribution >= 4 is 18.2 Å². The van der Waals surface area contributed by atoms with Gasteiger partial charge in [-0.05, 0) is 25.3 Å². The van der Waals surface area contributed by atoms with Crippen LogP contribution in [-0.2, 0) is 10.3 Å². The lowest BCUT2D eigenvalue weighted by molar-refractivity contribution is -0.275. The summed E-state index contributed by atoms with van der Waals surface area (Å²) in [6, 6.07) is 3.02. The van der Waals surface area contributed by atoms with Gasteiger partial charge in [-0.3, -0.25) is 4.79 Å². The second-order valence-electron chi connectivity index (χ2n) is 4.91. The van der Waals surface area contributed by atoms with Crippen LogP contribution in [0.25, 0.3) is 0 Å². The first-order chi connectivity index (χ1) is 9.65. The Hall–Kier alpha value is -1.38. The Morgan fingerprint density at radius 1 is 1.36 bits per heavy atom. The van der Waals surface area contributed by atoms with E-state index in [1.54, 1.807) is 0 Å². The molecule has 0 radical (unpaired) electrons. The van der Waals surface area contributed by atoms with Crippen molar-refractivity contribution in [1.82, 2.24) is 0 Å². The van der Waals surface area contributed by atoms with Gasteiger partial charge < -0.3 is 15.6 Å². The fourth-order valence-corrected chi connectivity index (χ4v) is 2.45. The number of ketones is 1. The first kappa shape index (κ1) is 18.7. The molecular formula is C13H14ClF4NO3. The maximum absolute atomic E-state index is 14.2. The molecule has 0 unspecified atom stereocenters. The van der Waals surface area contributed by atoms with Gasteiger partial charge in [0.2, 0.25) is 0 Å². The minimum Gasteiger partial charge on any atom is -0.403 e. The maximum Gasteiger partial charge on any atom is 0.573 e. The molecule has 22 heavy (non-hydrogen) atoms. The van der Waals surface area contributed by atoms with Crippen LogP contribution in [0.4, 0.5) is 17.6 Å². The number of rotatable bonds is 2. The quantitative estimate of drug-likeness (QED) is 0.809. The number of hydrogen-bond donors (Lipinski definition) is 2. The van der Waals surface area contributed by atoms with Crippen molar-refractivity contribution in [1.29, 1.82) is 0 Å². The van der Waals surface area contributed by atoms with E-state index < -0.39 is 40.9 Å². The molecule has 0 spiro atoms. The fraction of sp³-hybridized carbons (Fsp3) is 0.462. The van der Waals surface area contributed by atoms with E-state index in [-0.39, 0.29) is 25.2 Å². The van der Waals surface area contributed by atoms with E-state index in [1.165, 1.54) is 0 Å². The standard InChI is InChI=1S/C13H13F4NO3.ClH/c14-10-7(3-1-5-9(10)21-13(15,16)17)12(18)6-2-4-8(19)11(12)20;/h1,3,5,8,19H,2,4,6,18H2;1H/t8-,12-;/m1./s1. The Balaban J connectivity index is 0.00000242. The van der Waals surface area contributed by atoms with E-state index in [2.05, 4.69) is 4.74 Å². The zero-order valence-electron chi connectivity index (χ0n) is 11.2. The molecular weight excluding hydrogens is 330 g/mol. The summed E-state index contributed by atoms with van der Waals surface area (Å²) in [5.74, 6) is -3.21. The van der Waals surface area contributed by atoms with Crippen molar-refractivity contribution in [2.45, 2.75) is 37.3 Å². The molecule has 4 nitrogen and oxygen atoms in total. The van der Waals surface area contributed by atoms with Crippen LogP contribution in [0.2, 0.25) is 0 Å². The molecule has 0 saturated heterocycles. The van der Waals surface area contributed by atoms with Crippen LogP contribution < -0.4 is 10.5 Å². The number of hydrogen-bond acceptors (Lipinski definition) is 4. The minimum absolute atomic E-state index is 0. The van der Waals surface area contributed by atoms with Crippen molar-refractivity contribution in [3.8, 4) is 5.75 Å². The van der Waals surface area contributed by atoms with Gasteiger partial charge >= 0.3 is 6.36 Å². The molecule has 0 aromatic heterocycles. The summed E-state index contributed by atoms with van der Waals surface area (Å²) in [4.78, 5) is 12.0. The number of nitrogens with two attached hydrogens (primary N) is 1. The van der Waals surface area contributed by atoms with Crippen molar-refractivity contribution in [3.05, 3.63) is 29.6 Å². The van der Waals surface area contributed by atoms with E-state index in [4.69, 9.17) is 5.73 Å². The second kappa shape index (κ2) is 6.39. The Morgan fingerprint density at radius 2 is 2.00 bits per heavy atom. The summed E-state index contributed by atoms with van der Waals surface area (Å²) in [5, 5.41) is 9.56. The monoisotopic (exact) mass is 343 g/mol. The van der Waals surface area contributed by atoms with Crippen molar-refractivity contribution in [3.63, 3.8) is 0 Å². The number of Topliss-reactive ketones (excluding diaryl/α,β-unsaturated/α-hetero) is 1. The number of halogens is 5. The van der Waals surface area contributed by atoms with E-state index >= 15 is 0 Å². The largest absolute Gasteiger partial charge is 0.573 e. The van der Waals surface area contributed by atoms with Gasteiger partial charge in [0.15, 0.2) is 17.3 Å². The smallest absolute Gasteiger partial charge is 0.403 e. The van der Waals surface area contributed by atoms with Crippen LogP contribution in [0, 0.1) is 5.82 Å². The first-order valence-electron chi connectivity index (χ1n) is 6.21. The molecule has 0 aliphatic heterocycles. The van der Waals surface area contributed by atoms with Gasteiger partial charge in [0.05, 0.1) is 0 Å². The lowest BCUT2D eigenvalue weighted by Crippen LogP contribution is -2.53. The predicted molar refractivity (Wildman–Crippen MR) is 71.1 cm³/mol. The molecule has 124 valence electrons. The normalized spacial score (nSPS) is 25.5. The number of carbonyl (C=O) groups excluding carboxylic acids is 1. The Morgan fingerprint density at radius 3 is 2.59 bits per heavy atom. The average molecular weight is 344 g/mol. The molecule has 1 aromatic carbocycles. The second-order valence-corrected chi connectivity index (χ2v) is 4.91. The maximum atomic E-state index is 14.2. The third-order valence-electron chi connectivity index (χ3n) is 3.46. The highest BCUT2D eigenvalue weighted by Crippen LogP contribution is 2.37. The number of carbonyl (C=O) groups is 1. The van der Waals surface area contributed by atoms with Crippen LogP contribution >= 0.6 is 12.4 Å². The van der Waals surface area contributed by atoms with E-state index in [1.807, 2.05) is 0 Å². The van der Waals surface area contributed by atoms with Gasteiger partial charge in [-0.1, -0.05) is 12.1 Å². The summed E-state index contributed by atoms with van der Waals surface area (Å²) in [7, 11) is 0. The molecule has 1 aliphatic rings. The average Bonchev–Trinajstić information content (AvgIpc) is 2.37. The fourth-order valence-electron chi connectivity index (χ4n) is 2.45. The topological polar surface area (TPSA) is 72.6 Å².